The first-order valence-electron chi connectivity index (χ1n) is 9.30. The number of aromatic nitrogens is 1. The molecule has 140 valence electrons. The molecule has 1 saturated heterocycles. The maximum Gasteiger partial charge on any atom is 0.253 e. The first kappa shape index (κ1) is 17.9. The summed E-state index contributed by atoms with van der Waals surface area (Å²) in [4.78, 5) is 32.7. The Bertz CT molecular complexity index is 975. The third kappa shape index (κ3) is 3.54. The third-order valence-corrected chi connectivity index (χ3v) is 5.87. The fourth-order valence-electron chi connectivity index (χ4n) is 3.50. The maximum atomic E-state index is 13.0. The van der Waals surface area contributed by atoms with Crippen LogP contribution in [0.3, 0.4) is 0 Å². The lowest BCUT2D eigenvalue weighted by Gasteiger charge is -2.32. The van der Waals surface area contributed by atoms with Crippen LogP contribution in [0.4, 0.5) is 0 Å². The van der Waals surface area contributed by atoms with Gasteiger partial charge in [-0.3, -0.25) is 9.59 Å². The summed E-state index contributed by atoms with van der Waals surface area (Å²) in [5, 5.41) is 1.91. The quantitative estimate of drug-likeness (QED) is 0.611. The molecule has 3 heterocycles. The molecule has 0 aliphatic carbocycles. The Kier molecular flexibility index (Phi) is 4.83. The van der Waals surface area contributed by atoms with Gasteiger partial charge in [-0.2, -0.15) is 0 Å². The zero-order valence-electron chi connectivity index (χ0n) is 15.5. The van der Waals surface area contributed by atoms with Crippen molar-refractivity contribution in [2.75, 3.05) is 13.1 Å². The number of thiophene rings is 1. The number of hydrogen-bond acceptors (Lipinski definition) is 5. The maximum absolute atomic E-state index is 13.0. The normalized spacial score (nSPS) is 17.6. The van der Waals surface area contributed by atoms with E-state index >= 15 is 0 Å². The van der Waals surface area contributed by atoms with Crippen LogP contribution in [0, 0.1) is 5.92 Å². The van der Waals surface area contributed by atoms with Gasteiger partial charge in [0, 0.05) is 30.5 Å². The van der Waals surface area contributed by atoms with E-state index in [1.807, 2.05) is 31.4 Å². The van der Waals surface area contributed by atoms with E-state index in [1.54, 1.807) is 23.1 Å². The van der Waals surface area contributed by atoms with Crippen molar-refractivity contribution in [2.45, 2.75) is 32.6 Å². The highest BCUT2D eigenvalue weighted by molar-refractivity contribution is 7.12. The third-order valence-electron chi connectivity index (χ3n) is 4.99. The highest BCUT2D eigenvalue weighted by Crippen LogP contribution is 2.26. The van der Waals surface area contributed by atoms with E-state index in [-0.39, 0.29) is 23.5 Å². The Hall–Kier alpha value is -2.47. The number of rotatable bonds is 4. The molecule has 1 amide bonds. The van der Waals surface area contributed by atoms with E-state index < -0.39 is 0 Å². The minimum atomic E-state index is -0.121. The number of carbonyl (C=O) groups is 2. The number of ketones is 1. The second kappa shape index (κ2) is 7.27. The molecule has 1 aromatic carbocycles. The van der Waals surface area contributed by atoms with Crippen molar-refractivity contribution in [3.8, 4) is 0 Å². The van der Waals surface area contributed by atoms with Crippen molar-refractivity contribution in [3.63, 3.8) is 0 Å². The zero-order chi connectivity index (χ0) is 19.0. The molecule has 1 fully saturated rings. The molecular weight excluding hydrogens is 360 g/mol. The number of likely N-dealkylation sites (tertiary alicyclic amines) is 1. The first-order valence-corrected chi connectivity index (χ1v) is 10.2. The number of nitrogens with zero attached hydrogens (tertiary/aromatic N) is 2. The van der Waals surface area contributed by atoms with Crippen molar-refractivity contribution >= 4 is 34.1 Å². The number of piperidine rings is 1. The van der Waals surface area contributed by atoms with Crippen molar-refractivity contribution < 1.29 is 14.0 Å². The summed E-state index contributed by atoms with van der Waals surface area (Å²) < 4.78 is 5.72. The molecule has 27 heavy (non-hydrogen) atoms. The van der Waals surface area contributed by atoms with Crippen molar-refractivity contribution in [2.24, 2.45) is 5.92 Å². The summed E-state index contributed by atoms with van der Waals surface area (Å²) >= 11 is 1.46. The summed E-state index contributed by atoms with van der Waals surface area (Å²) in [6, 6.07) is 9.13. The highest BCUT2D eigenvalue weighted by Gasteiger charge is 2.30. The number of oxazole rings is 1. The molecule has 0 bridgehead atoms. The minimum absolute atomic E-state index is 0.0466. The van der Waals surface area contributed by atoms with E-state index in [2.05, 4.69) is 4.98 Å². The standard InChI is InChI=1S/C21H22N2O3S/c1-13(2)20-22-16-11-14(7-8-17(16)26-20)21(25)23-9-3-5-15(12-23)19(24)18-6-4-10-27-18/h4,6-8,10-11,13,15H,3,5,9,12H2,1-2H3. The molecule has 1 aliphatic heterocycles. The van der Waals surface area contributed by atoms with Gasteiger partial charge in [-0.05, 0) is 42.5 Å². The van der Waals surface area contributed by atoms with Crippen molar-refractivity contribution in [1.29, 1.82) is 0 Å². The first-order chi connectivity index (χ1) is 13.0. The van der Waals surface area contributed by atoms with Gasteiger partial charge < -0.3 is 9.32 Å². The average Bonchev–Trinajstić information content (AvgIpc) is 3.36. The fraction of sp³-hybridized carbons (Fsp3) is 0.381. The predicted octanol–water partition coefficient (Wildman–Crippen LogP) is 4.75. The van der Waals surface area contributed by atoms with Gasteiger partial charge >= 0.3 is 0 Å². The zero-order valence-corrected chi connectivity index (χ0v) is 16.3. The van der Waals surface area contributed by atoms with Crippen LogP contribution in [0.5, 0.6) is 0 Å². The van der Waals surface area contributed by atoms with E-state index in [9.17, 15) is 9.59 Å². The van der Waals surface area contributed by atoms with Gasteiger partial charge in [-0.15, -0.1) is 11.3 Å². The smallest absolute Gasteiger partial charge is 0.253 e. The molecule has 2 aromatic heterocycles. The second-order valence-corrected chi connectivity index (χ2v) is 8.27. The van der Waals surface area contributed by atoms with Gasteiger partial charge in [0.1, 0.15) is 5.52 Å². The van der Waals surface area contributed by atoms with Crippen LogP contribution < -0.4 is 0 Å². The van der Waals surface area contributed by atoms with Crippen molar-refractivity contribution in [3.05, 3.63) is 52.0 Å². The summed E-state index contributed by atoms with van der Waals surface area (Å²) in [7, 11) is 0. The molecule has 0 N–H and O–H groups in total. The average molecular weight is 382 g/mol. The summed E-state index contributed by atoms with van der Waals surface area (Å²) in [6.07, 6.45) is 1.68. The largest absolute Gasteiger partial charge is 0.440 e. The highest BCUT2D eigenvalue weighted by atomic mass is 32.1. The van der Waals surface area contributed by atoms with Crippen molar-refractivity contribution in [1.82, 2.24) is 9.88 Å². The van der Waals surface area contributed by atoms with Crippen LogP contribution in [0.15, 0.2) is 40.1 Å². The fourth-order valence-corrected chi connectivity index (χ4v) is 4.25. The van der Waals surface area contributed by atoms with E-state index in [0.29, 0.717) is 35.6 Å². The Morgan fingerprint density at radius 1 is 1.30 bits per heavy atom. The molecule has 0 radical (unpaired) electrons. The van der Waals surface area contributed by atoms with Crippen LogP contribution >= 0.6 is 11.3 Å². The van der Waals surface area contributed by atoms with Gasteiger partial charge in [-0.1, -0.05) is 19.9 Å². The van der Waals surface area contributed by atoms with Gasteiger partial charge in [0.15, 0.2) is 17.3 Å². The molecule has 0 spiro atoms. The van der Waals surface area contributed by atoms with E-state index in [1.165, 1.54) is 11.3 Å². The summed E-state index contributed by atoms with van der Waals surface area (Å²) in [6.45, 7) is 5.20. The minimum Gasteiger partial charge on any atom is -0.440 e. The number of amides is 1. The molecule has 0 saturated carbocycles. The predicted molar refractivity (Wildman–Crippen MR) is 105 cm³/mol. The summed E-state index contributed by atoms with van der Waals surface area (Å²) in [5.41, 5.74) is 1.99. The SMILES string of the molecule is CC(C)c1nc2cc(C(=O)N3CCCC(C(=O)c4cccs4)C3)ccc2o1. The number of hydrogen-bond donors (Lipinski definition) is 0. The lowest BCUT2D eigenvalue weighted by atomic mass is 9.92. The number of benzene rings is 1. The number of Topliss-reactive ketones (excluding diaryl/α,β-unsaturated/α-hetero) is 1. The molecule has 1 unspecified atom stereocenters. The molecular formula is C21H22N2O3S. The van der Waals surface area contributed by atoms with Crippen LogP contribution in [-0.2, 0) is 0 Å². The Labute approximate surface area is 162 Å². The second-order valence-electron chi connectivity index (χ2n) is 7.32. The monoisotopic (exact) mass is 382 g/mol. The molecule has 1 atom stereocenters. The van der Waals surface area contributed by atoms with Crippen LogP contribution in [0.2, 0.25) is 0 Å². The van der Waals surface area contributed by atoms with Crippen LogP contribution in [-0.4, -0.2) is 34.7 Å². The number of carbonyl (C=O) groups excluding carboxylic acids is 2. The molecule has 6 heteroatoms. The Morgan fingerprint density at radius 3 is 2.89 bits per heavy atom. The van der Waals surface area contributed by atoms with Crippen LogP contribution in [0.1, 0.15) is 58.5 Å². The Morgan fingerprint density at radius 2 is 2.15 bits per heavy atom. The lowest BCUT2D eigenvalue weighted by Crippen LogP contribution is -2.42. The van der Waals surface area contributed by atoms with Gasteiger partial charge in [-0.25, -0.2) is 4.98 Å². The molecule has 5 nitrogen and oxygen atoms in total. The van der Waals surface area contributed by atoms with Gasteiger partial charge in [0.05, 0.1) is 4.88 Å². The molecule has 1 aliphatic rings. The van der Waals surface area contributed by atoms with Gasteiger partial charge in [0.25, 0.3) is 5.91 Å². The lowest BCUT2D eigenvalue weighted by molar-refractivity contribution is 0.0638. The molecule has 4 rings (SSSR count). The Balaban J connectivity index is 1.53. The summed E-state index contributed by atoms with van der Waals surface area (Å²) in [5.74, 6) is 0.854. The number of fused-ring (bicyclic) bond motifs is 1. The van der Waals surface area contributed by atoms with E-state index in [0.717, 1.165) is 17.7 Å². The van der Waals surface area contributed by atoms with E-state index in [4.69, 9.17) is 4.42 Å². The molecule has 3 aromatic rings. The topological polar surface area (TPSA) is 63.4 Å². The van der Waals surface area contributed by atoms with Crippen LogP contribution in [0.25, 0.3) is 11.1 Å². The van der Waals surface area contributed by atoms with Gasteiger partial charge in [0.2, 0.25) is 0 Å².